The van der Waals surface area contributed by atoms with Crippen LogP contribution in [-0.4, -0.2) is 35.6 Å². The number of primary amides is 1. The Hall–Kier alpha value is -1.57. The van der Waals surface area contributed by atoms with Crippen LogP contribution in [0.15, 0.2) is 6.20 Å². The molecule has 0 spiro atoms. The van der Waals surface area contributed by atoms with Crippen LogP contribution in [0.5, 0.6) is 0 Å². The molecule has 4 N–H and O–H groups in total. The predicted octanol–water partition coefficient (Wildman–Crippen LogP) is -0.611. The highest BCUT2D eigenvalue weighted by Gasteiger charge is 2.12. The molecule has 17 heavy (non-hydrogen) atoms. The molecule has 0 fully saturated rings. The van der Waals surface area contributed by atoms with Gasteiger partial charge in [0, 0.05) is 18.5 Å². The summed E-state index contributed by atoms with van der Waals surface area (Å²) in [4.78, 5) is 10.9. The van der Waals surface area contributed by atoms with Crippen LogP contribution in [0.4, 0.5) is 5.69 Å². The Morgan fingerprint density at radius 2 is 2.18 bits per heavy atom. The van der Waals surface area contributed by atoms with Gasteiger partial charge in [0.05, 0.1) is 11.4 Å². The van der Waals surface area contributed by atoms with Gasteiger partial charge in [-0.2, -0.15) is 5.10 Å². The van der Waals surface area contributed by atoms with E-state index in [1.165, 1.54) is 10.9 Å². The van der Waals surface area contributed by atoms with Crippen LogP contribution in [0.2, 0.25) is 0 Å². The molecule has 1 rings (SSSR count). The van der Waals surface area contributed by atoms with Crippen LogP contribution < -0.4 is 11.5 Å². The number of nitrogens with zero attached hydrogens (tertiary/aromatic N) is 2. The number of carbonyl (C=O) groups is 1. The summed E-state index contributed by atoms with van der Waals surface area (Å²) in [5.41, 5.74) is 10.8. The van der Waals surface area contributed by atoms with E-state index in [2.05, 4.69) is 5.10 Å². The van der Waals surface area contributed by atoms with Crippen molar-refractivity contribution in [2.75, 3.05) is 17.2 Å². The molecule has 0 saturated carbocycles. The maximum atomic E-state index is 11.2. The number of aryl methyl sites for hydroxylation is 1. The van der Waals surface area contributed by atoms with E-state index in [4.69, 9.17) is 11.5 Å². The molecular formula is C9H16N4O3S. The van der Waals surface area contributed by atoms with Crippen molar-refractivity contribution >= 4 is 21.4 Å². The lowest BCUT2D eigenvalue weighted by Gasteiger charge is -2.01. The summed E-state index contributed by atoms with van der Waals surface area (Å²) in [5, 5.41) is 3.88. The van der Waals surface area contributed by atoms with Gasteiger partial charge in [-0.15, -0.1) is 0 Å². The SMILES string of the molecule is CCS(=O)(=O)CCCn1cc(N)c(C(N)=O)n1. The highest BCUT2D eigenvalue weighted by atomic mass is 32.2. The van der Waals surface area contributed by atoms with E-state index in [9.17, 15) is 13.2 Å². The molecule has 0 saturated heterocycles. The Morgan fingerprint density at radius 3 is 2.65 bits per heavy atom. The molecule has 0 unspecified atom stereocenters. The Balaban J connectivity index is 2.59. The molecule has 0 atom stereocenters. The minimum atomic E-state index is -2.97. The molecule has 0 aliphatic carbocycles. The zero-order chi connectivity index (χ0) is 13.1. The van der Waals surface area contributed by atoms with Crippen molar-refractivity contribution < 1.29 is 13.2 Å². The number of nitrogen functional groups attached to an aromatic ring is 1. The Morgan fingerprint density at radius 1 is 1.53 bits per heavy atom. The maximum Gasteiger partial charge on any atom is 0.271 e. The van der Waals surface area contributed by atoms with Crippen molar-refractivity contribution in [1.82, 2.24) is 9.78 Å². The van der Waals surface area contributed by atoms with E-state index in [0.717, 1.165) is 0 Å². The third kappa shape index (κ3) is 3.74. The molecule has 96 valence electrons. The second kappa shape index (κ2) is 5.17. The molecule has 0 aromatic carbocycles. The number of nitrogens with two attached hydrogens (primary N) is 2. The molecule has 8 heteroatoms. The minimum absolute atomic E-state index is 0.0170. The fourth-order valence-corrected chi connectivity index (χ4v) is 2.19. The minimum Gasteiger partial charge on any atom is -0.396 e. The van der Waals surface area contributed by atoms with Crippen LogP contribution in [-0.2, 0) is 16.4 Å². The molecule has 7 nitrogen and oxygen atoms in total. The average Bonchev–Trinajstić information content (AvgIpc) is 2.59. The lowest BCUT2D eigenvalue weighted by atomic mass is 10.4. The third-order valence-corrected chi connectivity index (χ3v) is 4.10. The molecule has 1 heterocycles. The fourth-order valence-electron chi connectivity index (χ4n) is 1.33. The number of sulfone groups is 1. The number of aromatic nitrogens is 2. The van der Waals surface area contributed by atoms with E-state index in [0.29, 0.717) is 13.0 Å². The van der Waals surface area contributed by atoms with Crippen LogP contribution in [0.1, 0.15) is 23.8 Å². The number of hydrogen-bond acceptors (Lipinski definition) is 5. The van der Waals surface area contributed by atoms with E-state index in [1.54, 1.807) is 6.92 Å². The number of anilines is 1. The largest absolute Gasteiger partial charge is 0.396 e. The first kappa shape index (κ1) is 13.5. The summed E-state index contributed by atoms with van der Waals surface area (Å²) < 4.78 is 23.9. The smallest absolute Gasteiger partial charge is 0.271 e. The van der Waals surface area contributed by atoms with E-state index < -0.39 is 15.7 Å². The molecule has 1 aromatic heterocycles. The number of rotatable bonds is 6. The van der Waals surface area contributed by atoms with Crippen LogP contribution >= 0.6 is 0 Å². The first-order valence-corrected chi connectivity index (χ1v) is 7.01. The fraction of sp³-hybridized carbons (Fsp3) is 0.556. The highest BCUT2D eigenvalue weighted by Crippen LogP contribution is 2.08. The zero-order valence-electron chi connectivity index (χ0n) is 9.59. The zero-order valence-corrected chi connectivity index (χ0v) is 10.4. The summed E-state index contributed by atoms with van der Waals surface area (Å²) in [6.45, 7) is 1.99. The van der Waals surface area contributed by atoms with Gasteiger partial charge in [-0.25, -0.2) is 8.42 Å². The normalized spacial score (nSPS) is 11.6. The summed E-state index contributed by atoms with van der Waals surface area (Å²) in [6.07, 6.45) is 1.90. The van der Waals surface area contributed by atoms with Gasteiger partial charge in [0.15, 0.2) is 5.69 Å². The lowest BCUT2D eigenvalue weighted by molar-refractivity contribution is 0.0995. The first-order valence-electron chi connectivity index (χ1n) is 5.19. The highest BCUT2D eigenvalue weighted by molar-refractivity contribution is 7.91. The molecular weight excluding hydrogens is 244 g/mol. The van der Waals surface area contributed by atoms with Gasteiger partial charge in [-0.1, -0.05) is 6.92 Å². The van der Waals surface area contributed by atoms with Gasteiger partial charge in [-0.05, 0) is 6.42 Å². The van der Waals surface area contributed by atoms with Crippen molar-refractivity contribution in [3.63, 3.8) is 0 Å². The lowest BCUT2D eigenvalue weighted by Crippen LogP contribution is -2.15. The number of hydrogen-bond donors (Lipinski definition) is 2. The molecule has 0 aliphatic rings. The van der Waals surface area contributed by atoms with Crippen LogP contribution in [0.3, 0.4) is 0 Å². The van der Waals surface area contributed by atoms with Gasteiger partial charge in [-0.3, -0.25) is 9.48 Å². The van der Waals surface area contributed by atoms with Crippen LogP contribution in [0, 0.1) is 0 Å². The van der Waals surface area contributed by atoms with Gasteiger partial charge in [0.2, 0.25) is 0 Å². The second-order valence-corrected chi connectivity index (χ2v) is 6.12. The second-order valence-electron chi connectivity index (χ2n) is 3.65. The molecule has 1 amide bonds. The van der Waals surface area contributed by atoms with E-state index in [1.807, 2.05) is 0 Å². The third-order valence-electron chi connectivity index (χ3n) is 2.31. The van der Waals surface area contributed by atoms with Crippen molar-refractivity contribution in [3.05, 3.63) is 11.9 Å². The van der Waals surface area contributed by atoms with Crippen molar-refractivity contribution in [2.24, 2.45) is 5.73 Å². The summed E-state index contributed by atoms with van der Waals surface area (Å²) >= 11 is 0. The van der Waals surface area contributed by atoms with Gasteiger partial charge in [0.1, 0.15) is 9.84 Å². The first-order chi connectivity index (χ1) is 7.85. The molecule has 0 radical (unpaired) electrons. The molecule has 0 bridgehead atoms. The van der Waals surface area contributed by atoms with Gasteiger partial charge >= 0.3 is 0 Å². The van der Waals surface area contributed by atoms with Crippen LogP contribution in [0.25, 0.3) is 0 Å². The monoisotopic (exact) mass is 260 g/mol. The Kier molecular flexibility index (Phi) is 4.11. The molecule has 1 aromatic rings. The summed E-state index contributed by atoms with van der Waals surface area (Å²) in [6, 6.07) is 0. The standard InChI is InChI=1S/C9H16N4O3S/c1-2-17(15,16)5-3-4-13-6-7(10)8(12-13)9(11)14/h6H,2-5,10H2,1H3,(H2,11,14). The summed E-state index contributed by atoms with van der Waals surface area (Å²) in [7, 11) is -2.97. The van der Waals surface area contributed by atoms with Crippen molar-refractivity contribution in [2.45, 2.75) is 19.9 Å². The van der Waals surface area contributed by atoms with Gasteiger partial charge in [0.25, 0.3) is 5.91 Å². The van der Waals surface area contributed by atoms with E-state index in [-0.39, 0.29) is 22.9 Å². The van der Waals surface area contributed by atoms with Gasteiger partial charge < -0.3 is 11.5 Å². The maximum absolute atomic E-state index is 11.2. The average molecular weight is 260 g/mol. The van der Waals surface area contributed by atoms with Crippen molar-refractivity contribution in [1.29, 1.82) is 0 Å². The Bertz CT molecular complexity index is 506. The number of carbonyl (C=O) groups excluding carboxylic acids is 1. The summed E-state index contributed by atoms with van der Waals surface area (Å²) in [5.74, 6) is -0.474. The topological polar surface area (TPSA) is 121 Å². The Labute approximate surface area is 99.7 Å². The van der Waals surface area contributed by atoms with Crippen molar-refractivity contribution in [3.8, 4) is 0 Å². The number of amides is 1. The quantitative estimate of drug-likeness (QED) is 0.706. The van der Waals surface area contributed by atoms with E-state index >= 15 is 0 Å². The molecule has 0 aliphatic heterocycles. The predicted molar refractivity (Wildman–Crippen MR) is 64.1 cm³/mol.